The van der Waals surface area contributed by atoms with Crippen molar-refractivity contribution < 1.29 is 9.53 Å². The first kappa shape index (κ1) is 21.7. The lowest BCUT2D eigenvalue weighted by Crippen LogP contribution is -2.43. The fourth-order valence-corrected chi connectivity index (χ4v) is 2.31. The van der Waals surface area contributed by atoms with E-state index in [4.69, 9.17) is 10.5 Å². The Hall–Kier alpha value is -1.26. The molecule has 0 aliphatic heterocycles. The highest BCUT2D eigenvalue weighted by atomic mass is 35.5. The third-order valence-electron chi connectivity index (χ3n) is 3.58. The zero-order valence-electron chi connectivity index (χ0n) is 15.0. The van der Waals surface area contributed by atoms with Crippen LogP contribution in [0.1, 0.15) is 33.3 Å². The van der Waals surface area contributed by atoms with Crippen molar-refractivity contribution in [1.82, 2.24) is 4.90 Å². The zero-order chi connectivity index (χ0) is 16.8. The first-order chi connectivity index (χ1) is 10.3. The molecule has 2 N–H and O–H groups in total. The highest BCUT2D eigenvalue weighted by Gasteiger charge is 2.24. The summed E-state index contributed by atoms with van der Waals surface area (Å²) in [5.41, 5.74) is 6.93. The van der Waals surface area contributed by atoms with Crippen molar-refractivity contribution in [3.05, 3.63) is 29.8 Å². The number of halogens is 1. The van der Waals surface area contributed by atoms with Crippen LogP contribution in [0.3, 0.4) is 0 Å². The Balaban J connectivity index is 0.00000484. The molecule has 132 valence electrons. The molecule has 0 bridgehead atoms. The quantitative estimate of drug-likeness (QED) is 0.828. The molecule has 1 aromatic rings. The first-order valence-electron chi connectivity index (χ1n) is 7.88. The van der Waals surface area contributed by atoms with Crippen LogP contribution in [-0.2, 0) is 11.2 Å². The minimum Gasteiger partial charge on any atom is -0.497 e. The van der Waals surface area contributed by atoms with Gasteiger partial charge in [-0.2, -0.15) is 0 Å². The summed E-state index contributed by atoms with van der Waals surface area (Å²) in [7, 11) is 1.66. The van der Waals surface area contributed by atoms with Crippen LogP contribution < -0.4 is 10.5 Å². The average Bonchev–Trinajstić information content (AvgIpc) is 2.49. The van der Waals surface area contributed by atoms with E-state index in [1.54, 1.807) is 7.11 Å². The molecule has 1 atom stereocenters. The van der Waals surface area contributed by atoms with Gasteiger partial charge in [0.2, 0.25) is 5.91 Å². The number of benzene rings is 1. The van der Waals surface area contributed by atoms with Gasteiger partial charge in [0.1, 0.15) is 5.75 Å². The number of nitrogens with zero attached hydrogens (tertiary/aromatic N) is 1. The van der Waals surface area contributed by atoms with E-state index in [0.29, 0.717) is 13.1 Å². The molecule has 0 spiro atoms. The van der Waals surface area contributed by atoms with Crippen molar-refractivity contribution in [3.63, 3.8) is 0 Å². The van der Waals surface area contributed by atoms with Gasteiger partial charge in [-0.1, -0.05) is 39.8 Å². The first-order valence-corrected chi connectivity index (χ1v) is 7.88. The standard InChI is InChI=1S/C18H30N2O2.ClH/c1-14(12-19)17(21)20(13-18(2,3)4)11-10-15-6-8-16(22-5)9-7-15;/h6-9,14H,10-13,19H2,1-5H3;1H. The summed E-state index contributed by atoms with van der Waals surface area (Å²) in [5, 5.41) is 0. The lowest BCUT2D eigenvalue weighted by Gasteiger charge is -2.32. The fourth-order valence-electron chi connectivity index (χ4n) is 2.31. The Labute approximate surface area is 146 Å². The van der Waals surface area contributed by atoms with Crippen LogP contribution in [0.2, 0.25) is 0 Å². The molecule has 1 amide bonds. The predicted molar refractivity (Wildman–Crippen MR) is 98.2 cm³/mol. The maximum atomic E-state index is 12.5. The van der Waals surface area contributed by atoms with Crippen molar-refractivity contribution in [2.75, 3.05) is 26.7 Å². The maximum absolute atomic E-state index is 12.5. The molecule has 0 aliphatic carbocycles. The van der Waals surface area contributed by atoms with Crippen LogP contribution in [0.25, 0.3) is 0 Å². The van der Waals surface area contributed by atoms with Crippen LogP contribution >= 0.6 is 12.4 Å². The monoisotopic (exact) mass is 342 g/mol. The van der Waals surface area contributed by atoms with Gasteiger partial charge in [0.25, 0.3) is 0 Å². The van der Waals surface area contributed by atoms with E-state index in [-0.39, 0.29) is 29.6 Å². The van der Waals surface area contributed by atoms with E-state index in [0.717, 1.165) is 18.7 Å². The second-order valence-corrected chi connectivity index (χ2v) is 7.06. The largest absolute Gasteiger partial charge is 0.497 e. The van der Waals surface area contributed by atoms with Gasteiger partial charge in [-0.05, 0) is 29.5 Å². The third-order valence-corrected chi connectivity index (χ3v) is 3.58. The van der Waals surface area contributed by atoms with E-state index >= 15 is 0 Å². The SMILES string of the molecule is COc1ccc(CCN(CC(C)(C)C)C(=O)C(C)CN)cc1.Cl. The molecule has 5 heteroatoms. The summed E-state index contributed by atoms with van der Waals surface area (Å²) in [6, 6.07) is 8.00. The lowest BCUT2D eigenvalue weighted by atomic mass is 9.95. The average molecular weight is 343 g/mol. The van der Waals surface area contributed by atoms with Gasteiger partial charge >= 0.3 is 0 Å². The number of methoxy groups -OCH3 is 1. The molecule has 1 unspecified atom stereocenters. The number of hydrogen-bond acceptors (Lipinski definition) is 3. The van der Waals surface area contributed by atoms with Crippen LogP contribution in [0.15, 0.2) is 24.3 Å². The van der Waals surface area contributed by atoms with Gasteiger partial charge in [0.15, 0.2) is 0 Å². The van der Waals surface area contributed by atoms with Crippen molar-refractivity contribution in [2.45, 2.75) is 34.1 Å². The molecule has 0 aliphatic rings. The van der Waals surface area contributed by atoms with Gasteiger partial charge in [-0.3, -0.25) is 4.79 Å². The summed E-state index contributed by atoms with van der Waals surface area (Å²) in [5.74, 6) is 0.868. The molecule has 0 aromatic heterocycles. The summed E-state index contributed by atoms with van der Waals surface area (Å²) < 4.78 is 5.17. The van der Waals surface area contributed by atoms with Crippen LogP contribution in [0.4, 0.5) is 0 Å². The van der Waals surface area contributed by atoms with E-state index in [9.17, 15) is 4.79 Å². The molecule has 1 aromatic carbocycles. The van der Waals surface area contributed by atoms with Crippen LogP contribution in [-0.4, -0.2) is 37.6 Å². The fraction of sp³-hybridized carbons (Fsp3) is 0.611. The molecular formula is C18H31ClN2O2. The molecule has 0 fully saturated rings. The van der Waals surface area contributed by atoms with Crippen LogP contribution in [0.5, 0.6) is 5.75 Å². The Kier molecular flexibility index (Phi) is 9.25. The van der Waals surface area contributed by atoms with Crippen molar-refractivity contribution in [2.24, 2.45) is 17.1 Å². The molecular weight excluding hydrogens is 312 g/mol. The highest BCUT2D eigenvalue weighted by Crippen LogP contribution is 2.18. The van der Waals surface area contributed by atoms with Crippen molar-refractivity contribution in [3.8, 4) is 5.75 Å². The summed E-state index contributed by atoms with van der Waals surface area (Å²) >= 11 is 0. The number of amides is 1. The number of ether oxygens (including phenoxy) is 1. The van der Waals surface area contributed by atoms with E-state index in [1.165, 1.54) is 5.56 Å². The van der Waals surface area contributed by atoms with E-state index in [2.05, 4.69) is 20.8 Å². The minimum absolute atomic E-state index is 0. The Morgan fingerprint density at radius 1 is 1.26 bits per heavy atom. The highest BCUT2D eigenvalue weighted by molar-refractivity contribution is 5.85. The second-order valence-electron chi connectivity index (χ2n) is 7.06. The number of hydrogen-bond donors (Lipinski definition) is 1. The lowest BCUT2D eigenvalue weighted by molar-refractivity contribution is -0.136. The van der Waals surface area contributed by atoms with Gasteiger partial charge in [0, 0.05) is 25.6 Å². The van der Waals surface area contributed by atoms with Crippen LogP contribution in [0, 0.1) is 11.3 Å². The van der Waals surface area contributed by atoms with Gasteiger partial charge in [-0.25, -0.2) is 0 Å². The number of carbonyl (C=O) groups is 1. The van der Waals surface area contributed by atoms with Gasteiger partial charge in [-0.15, -0.1) is 12.4 Å². The summed E-state index contributed by atoms with van der Waals surface area (Å²) in [4.78, 5) is 14.4. The molecule has 1 rings (SSSR count). The molecule has 0 heterocycles. The minimum atomic E-state index is -0.127. The Morgan fingerprint density at radius 3 is 2.26 bits per heavy atom. The Morgan fingerprint density at radius 2 is 1.83 bits per heavy atom. The molecule has 0 radical (unpaired) electrons. The smallest absolute Gasteiger partial charge is 0.226 e. The normalized spacial score (nSPS) is 12.3. The maximum Gasteiger partial charge on any atom is 0.226 e. The Bertz CT molecular complexity index is 469. The third kappa shape index (κ3) is 7.71. The molecule has 4 nitrogen and oxygen atoms in total. The summed E-state index contributed by atoms with van der Waals surface area (Å²) in [6.07, 6.45) is 0.836. The predicted octanol–water partition coefficient (Wildman–Crippen LogP) is 3.13. The topological polar surface area (TPSA) is 55.6 Å². The van der Waals surface area contributed by atoms with E-state index in [1.807, 2.05) is 36.1 Å². The zero-order valence-corrected chi connectivity index (χ0v) is 15.8. The number of carbonyl (C=O) groups excluding carboxylic acids is 1. The number of nitrogens with two attached hydrogens (primary N) is 1. The molecule has 0 saturated heterocycles. The van der Waals surface area contributed by atoms with Crippen molar-refractivity contribution in [1.29, 1.82) is 0 Å². The van der Waals surface area contributed by atoms with Crippen molar-refractivity contribution >= 4 is 18.3 Å². The van der Waals surface area contributed by atoms with Gasteiger partial charge in [0.05, 0.1) is 7.11 Å². The molecule has 0 saturated carbocycles. The second kappa shape index (κ2) is 9.78. The van der Waals surface area contributed by atoms with Gasteiger partial charge < -0.3 is 15.4 Å². The molecule has 23 heavy (non-hydrogen) atoms. The van der Waals surface area contributed by atoms with E-state index < -0.39 is 0 Å². The number of rotatable bonds is 7. The summed E-state index contributed by atoms with van der Waals surface area (Å²) in [6.45, 7) is 10.2.